The van der Waals surface area contributed by atoms with Gasteiger partial charge in [0, 0.05) is 6.54 Å². The van der Waals surface area contributed by atoms with Crippen molar-refractivity contribution >= 4 is 5.69 Å². The van der Waals surface area contributed by atoms with Gasteiger partial charge in [0.1, 0.15) is 11.4 Å². The first-order valence-electron chi connectivity index (χ1n) is 7.92. The Balaban J connectivity index is 1.96. The number of aromatic nitrogens is 2. The van der Waals surface area contributed by atoms with Crippen LogP contribution in [0, 0.1) is 12.4 Å². The molecular formula is C19H13F4N3O. The van der Waals surface area contributed by atoms with Crippen molar-refractivity contribution in [2.75, 3.05) is 0 Å². The van der Waals surface area contributed by atoms with Crippen LogP contribution >= 0.6 is 0 Å². The molecule has 3 rings (SSSR count). The van der Waals surface area contributed by atoms with Crippen molar-refractivity contribution in [2.45, 2.75) is 19.6 Å². The SMILES string of the molecule is [C-]#[N+]c1cccc(-c2c(F)c(Oc3ccc(C(F)(F)F)cc3)nn2CC)c1. The summed E-state index contributed by atoms with van der Waals surface area (Å²) in [5.41, 5.74) is 0.120. The summed E-state index contributed by atoms with van der Waals surface area (Å²) < 4.78 is 59.5. The molecule has 0 atom stereocenters. The Morgan fingerprint density at radius 3 is 2.44 bits per heavy atom. The summed E-state index contributed by atoms with van der Waals surface area (Å²) in [7, 11) is 0. The molecule has 0 bridgehead atoms. The van der Waals surface area contributed by atoms with Crippen molar-refractivity contribution in [3.63, 3.8) is 0 Å². The maximum absolute atomic E-state index is 14.9. The Morgan fingerprint density at radius 1 is 1.15 bits per heavy atom. The zero-order chi connectivity index (χ0) is 19.6. The zero-order valence-electron chi connectivity index (χ0n) is 14.1. The molecule has 0 fully saturated rings. The molecule has 0 radical (unpaired) electrons. The summed E-state index contributed by atoms with van der Waals surface area (Å²) in [6, 6.07) is 10.3. The van der Waals surface area contributed by atoms with E-state index < -0.39 is 17.6 Å². The number of ether oxygens (including phenoxy) is 1. The Bertz CT molecular complexity index is 1000. The minimum absolute atomic E-state index is 0.0316. The van der Waals surface area contributed by atoms with Gasteiger partial charge in [-0.2, -0.15) is 17.6 Å². The van der Waals surface area contributed by atoms with Gasteiger partial charge in [-0.3, -0.25) is 4.68 Å². The van der Waals surface area contributed by atoms with Gasteiger partial charge in [-0.05, 0) is 42.8 Å². The van der Waals surface area contributed by atoms with Crippen LogP contribution in [0.15, 0.2) is 48.5 Å². The smallest absolute Gasteiger partial charge is 0.416 e. The summed E-state index contributed by atoms with van der Waals surface area (Å²) in [4.78, 5) is 3.32. The fourth-order valence-electron chi connectivity index (χ4n) is 2.53. The van der Waals surface area contributed by atoms with Crippen LogP contribution in [0.25, 0.3) is 16.1 Å². The average molecular weight is 375 g/mol. The van der Waals surface area contributed by atoms with E-state index in [0.717, 1.165) is 24.3 Å². The molecule has 0 saturated heterocycles. The first-order valence-corrected chi connectivity index (χ1v) is 7.92. The number of hydrogen-bond acceptors (Lipinski definition) is 2. The van der Waals surface area contributed by atoms with E-state index in [1.165, 1.54) is 10.7 Å². The highest BCUT2D eigenvalue weighted by Crippen LogP contribution is 2.35. The van der Waals surface area contributed by atoms with Gasteiger partial charge in [-0.15, -0.1) is 5.10 Å². The van der Waals surface area contributed by atoms with Gasteiger partial charge in [-0.25, -0.2) is 4.85 Å². The Hall–Kier alpha value is -3.34. The molecule has 0 amide bonds. The zero-order valence-corrected chi connectivity index (χ0v) is 14.1. The molecule has 138 valence electrons. The van der Waals surface area contributed by atoms with Gasteiger partial charge in [0.05, 0.1) is 12.1 Å². The third-order valence-electron chi connectivity index (χ3n) is 3.81. The monoisotopic (exact) mass is 375 g/mol. The number of nitrogens with zero attached hydrogens (tertiary/aromatic N) is 3. The summed E-state index contributed by atoms with van der Waals surface area (Å²) in [5, 5.41) is 4.05. The van der Waals surface area contributed by atoms with Gasteiger partial charge < -0.3 is 4.74 Å². The first-order chi connectivity index (χ1) is 12.8. The molecule has 0 saturated carbocycles. The summed E-state index contributed by atoms with van der Waals surface area (Å²) in [5.74, 6) is -1.07. The lowest BCUT2D eigenvalue weighted by Crippen LogP contribution is -2.04. The van der Waals surface area contributed by atoms with Gasteiger partial charge in [0.25, 0.3) is 5.88 Å². The normalized spacial score (nSPS) is 11.3. The first kappa shape index (κ1) is 18.5. The topological polar surface area (TPSA) is 31.4 Å². The number of halogens is 4. The highest BCUT2D eigenvalue weighted by atomic mass is 19.4. The number of hydrogen-bond donors (Lipinski definition) is 0. The van der Waals surface area contributed by atoms with E-state index in [4.69, 9.17) is 11.3 Å². The van der Waals surface area contributed by atoms with E-state index in [0.29, 0.717) is 17.8 Å². The Morgan fingerprint density at radius 2 is 1.85 bits per heavy atom. The standard InChI is InChI=1S/C19H13F4N3O/c1-3-26-17(12-5-4-6-14(11-12)24-2)16(20)18(25-26)27-15-9-7-13(8-10-15)19(21,22)23/h4-11H,3H2,1H3. The maximum atomic E-state index is 14.9. The van der Waals surface area contributed by atoms with E-state index in [1.54, 1.807) is 25.1 Å². The molecule has 0 spiro atoms. The van der Waals surface area contributed by atoms with Gasteiger partial charge in [0.15, 0.2) is 5.69 Å². The second-order valence-electron chi connectivity index (χ2n) is 5.57. The van der Waals surface area contributed by atoms with Crippen LogP contribution in [0.1, 0.15) is 12.5 Å². The van der Waals surface area contributed by atoms with Gasteiger partial charge in [-0.1, -0.05) is 18.2 Å². The molecule has 2 aromatic carbocycles. The lowest BCUT2D eigenvalue weighted by molar-refractivity contribution is -0.137. The van der Waals surface area contributed by atoms with Gasteiger partial charge >= 0.3 is 6.18 Å². The largest absolute Gasteiger partial charge is 0.435 e. The predicted octanol–water partition coefficient (Wildman–Crippen LogP) is 6.07. The lowest BCUT2D eigenvalue weighted by Gasteiger charge is -2.07. The third-order valence-corrected chi connectivity index (χ3v) is 3.81. The highest BCUT2D eigenvalue weighted by molar-refractivity contribution is 5.67. The highest BCUT2D eigenvalue weighted by Gasteiger charge is 2.30. The molecule has 0 aliphatic heterocycles. The average Bonchev–Trinajstić information content (AvgIpc) is 2.97. The Kier molecular flexibility index (Phi) is 4.86. The number of benzene rings is 2. The second kappa shape index (κ2) is 7.11. The van der Waals surface area contributed by atoms with Crippen molar-refractivity contribution in [1.29, 1.82) is 0 Å². The summed E-state index contributed by atoms with van der Waals surface area (Å²) in [6.45, 7) is 9.17. The van der Waals surface area contributed by atoms with E-state index >= 15 is 0 Å². The maximum Gasteiger partial charge on any atom is 0.416 e. The molecule has 27 heavy (non-hydrogen) atoms. The number of alkyl halides is 3. The lowest BCUT2D eigenvalue weighted by atomic mass is 10.1. The van der Waals surface area contributed by atoms with Crippen LogP contribution in [0.2, 0.25) is 0 Å². The molecular weight excluding hydrogens is 362 g/mol. The molecule has 1 aromatic heterocycles. The molecule has 4 nitrogen and oxygen atoms in total. The van der Waals surface area contributed by atoms with Crippen LogP contribution < -0.4 is 4.74 Å². The van der Waals surface area contributed by atoms with Crippen LogP contribution in [-0.4, -0.2) is 9.78 Å². The minimum Gasteiger partial charge on any atom is -0.435 e. The molecule has 8 heteroatoms. The molecule has 0 aliphatic rings. The molecule has 0 aliphatic carbocycles. The van der Waals surface area contributed by atoms with Crippen molar-refractivity contribution < 1.29 is 22.3 Å². The van der Waals surface area contributed by atoms with Crippen LogP contribution in [0.3, 0.4) is 0 Å². The molecule has 3 aromatic rings. The van der Waals surface area contributed by atoms with Crippen molar-refractivity contribution in [2.24, 2.45) is 0 Å². The fraction of sp³-hybridized carbons (Fsp3) is 0.158. The quantitative estimate of drug-likeness (QED) is 0.409. The third kappa shape index (κ3) is 3.77. The summed E-state index contributed by atoms with van der Waals surface area (Å²) >= 11 is 0. The van der Waals surface area contributed by atoms with E-state index in [1.807, 2.05) is 0 Å². The molecule has 1 heterocycles. The predicted molar refractivity (Wildman–Crippen MR) is 91.1 cm³/mol. The van der Waals surface area contributed by atoms with Crippen molar-refractivity contribution in [1.82, 2.24) is 9.78 Å². The van der Waals surface area contributed by atoms with Crippen molar-refractivity contribution in [3.05, 3.63) is 71.3 Å². The van der Waals surface area contributed by atoms with Crippen molar-refractivity contribution in [3.8, 4) is 22.9 Å². The second-order valence-corrected chi connectivity index (χ2v) is 5.57. The fourth-order valence-corrected chi connectivity index (χ4v) is 2.53. The van der Waals surface area contributed by atoms with Crippen LogP contribution in [0.4, 0.5) is 23.2 Å². The minimum atomic E-state index is -4.46. The molecule has 0 unspecified atom stereocenters. The molecule has 0 N–H and O–H groups in total. The van der Waals surface area contributed by atoms with Crippen LogP contribution in [-0.2, 0) is 12.7 Å². The number of rotatable bonds is 4. The van der Waals surface area contributed by atoms with E-state index in [9.17, 15) is 17.6 Å². The van der Waals surface area contributed by atoms with E-state index in [-0.39, 0.29) is 17.3 Å². The number of aryl methyl sites for hydroxylation is 1. The summed E-state index contributed by atoms with van der Waals surface area (Å²) in [6.07, 6.45) is -4.46. The van der Waals surface area contributed by atoms with E-state index in [2.05, 4.69) is 9.94 Å². The Labute approximate surface area is 152 Å². The van der Waals surface area contributed by atoms with Gasteiger partial charge in [0.2, 0.25) is 5.82 Å². The van der Waals surface area contributed by atoms with Crippen LogP contribution in [0.5, 0.6) is 11.6 Å².